The van der Waals surface area contributed by atoms with Gasteiger partial charge in [0.2, 0.25) is 0 Å². The Labute approximate surface area is 190 Å². The molecule has 1 saturated heterocycles. The molecule has 0 amide bonds. The molecule has 174 valence electrons. The molecular weight excluding hydrogens is 434 g/mol. The van der Waals surface area contributed by atoms with E-state index in [1.54, 1.807) is 18.5 Å². The highest BCUT2D eigenvalue weighted by Gasteiger charge is 2.30. The fourth-order valence-corrected chi connectivity index (χ4v) is 4.28. The van der Waals surface area contributed by atoms with Gasteiger partial charge in [0.1, 0.15) is 11.6 Å². The second-order valence-corrected chi connectivity index (χ2v) is 8.09. The summed E-state index contributed by atoms with van der Waals surface area (Å²) in [6, 6.07) is 9.92. The maximum Gasteiger partial charge on any atom is 0.416 e. The molecule has 1 aromatic heterocycles. The molecule has 3 aromatic rings. The Hall–Kier alpha value is -3.13. The summed E-state index contributed by atoms with van der Waals surface area (Å²) in [6.45, 7) is 1.51. The maximum absolute atomic E-state index is 14.3. The molecule has 0 atom stereocenters. The molecule has 1 fully saturated rings. The fourth-order valence-electron chi connectivity index (χ4n) is 4.28. The number of benzene rings is 2. The van der Waals surface area contributed by atoms with E-state index >= 15 is 0 Å². The number of pyridine rings is 1. The average molecular weight is 459 g/mol. The number of nitrogens with zero attached hydrogens (tertiary/aromatic N) is 2. The minimum atomic E-state index is -4.41. The van der Waals surface area contributed by atoms with Gasteiger partial charge in [0.25, 0.3) is 0 Å². The molecule has 0 saturated carbocycles. The third-order valence-corrected chi connectivity index (χ3v) is 6.08. The van der Waals surface area contributed by atoms with E-state index in [0.29, 0.717) is 34.0 Å². The minimum absolute atomic E-state index is 0.379. The van der Waals surface area contributed by atoms with E-state index in [1.165, 1.54) is 31.4 Å². The van der Waals surface area contributed by atoms with Crippen molar-refractivity contribution in [1.82, 2.24) is 10.3 Å². The number of hydrogen-bond acceptors (Lipinski definition) is 4. The van der Waals surface area contributed by atoms with Crippen LogP contribution in [0.1, 0.15) is 18.4 Å². The molecule has 4 nitrogen and oxygen atoms in total. The zero-order valence-electron chi connectivity index (χ0n) is 18.4. The van der Waals surface area contributed by atoms with Crippen LogP contribution in [0.25, 0.3) is 22.3 Å². The predicted molar refractivity (Wildman–Crippen MR) is 121 cm³/mol. The van der Waals surface area contributed by atoms with Crippen molar-refractivity contribution in [3.05, 3.63) is 66.2 Å². The SMILES string of the molecule is CNC1CCN(c2c(-c3ccc(C(F)(F)F)cc3)cncc2-c2cc(F)cc(OC)c2)CC1. The highest BCUT2D eigenvalue weighted by molar-refractivity contribution is 5.90. The van der Waals surface area contributed by atoms with Gasteiger partial charge in [-0.25, -0.2) is 4.39 Å². The van der Waals surface area contributed by atoms with Crippen LogP contribution in [-0.4, -0.2) is 38.3 Å². The lowest BCUT2D eigenvalue weighted by molar-refractivity contribution is -0.137. The first-order valence-corrected chi connectivity index (χ1v) is 10.7. The van der Waals surface area contributed by atoms with Crippen LogP contribution < -0.4 is 15.0 Å². The number of anilines is 1. The van der Waals surface area contributed by atoms with Gasteiger partial charge in [0, 0.05) is 48.7 Å². The Morgan fingerprint density at radius 1 is 0.970 bits per heavy atom. The molecule has 2 aromatic carbocycles. The number of methoxy groups -OCH3 is 1. The lowest BCUT2D eigenvalue weighted by Crippen LogP contribution is -2.41. The van der Waals surface area contributed by atoms with Crippen molar-refractivity contribution in [3.8, 4) is 28.0 Å². The van der Waals surface area contributed by atoms with Gasteiger partial charge in [0.15, 0.2) is 0 Å². The number of rotatable bonds is 5. The van der Waals surface area contributed by atoms with E-state index in [9.17, 15) is 17.6 Å². The molecular formula is C25H25F4N3O. The summed E-state index contributed by atoms with van der Waals surface area (Å²) in [6.07, 6.45) is 0.742. The van der Waals surface area contributed by atoms with Crippen molar-refractivity contribution in [1.29, 1.82) is 0 Å². The monoisotopic (exact) mass is 459 g/mol. The Morgan fingerprint density at radius 3 is 2.18 bits per heavy atom. The summed E-state index contributed by atoms with van der Waals surface area (Å²) in [5, 5.41) is 3.30. The first kappa shape index (κ1) is 23.0. The van der Waals surface area contributed by atoms with Crippen LogP contribution >= 0.6 is 0 Å². The molecule has 0 radical (unpaired) electrons. The number of halogens is 4. The maximum atomic E-state index is 14.3. The smallest absolute Gasteiger partial charge is 0.416 e. The van der Waals surface area contributed by atoms with Gasteiger partial charge in [0.05, 0.1) is 18.4 Å². The normalized spacial score (nSPS) is 15.0. The summed E-state index contributed by atoms with van der Waals surface area (Å²) in [5.74, 6) is -0.0612. The molecule has 8 heteroatoms. The first-order chi connectivity index (χ1) is 15.8. The van der Waals surface area contributed by atoms with Gasteiger partial charge < -0.3 is 15.0 Å². The van der Waals surface area contributed by atoms with E-state index in [0.717, 1.165) is 43.8 Å². The Morgan fingerprint density at radius 2 is 1.61 bits per heavy atom. The van der Waals surface area contributed by atoms with Crippen LogP contribution in [0, 0.1) is 5.82 Å². The van der Waals surface area contributed by atoms with Crippen molar-refractivity contribution < 1.29 is 22.3 Å². The molecule has 1 aliphatic rings. The Kier molecular flexibility index (Phi) is 6.56. The second-order valence-electron chi connectivity index (χ2n) is 8.09. The zero-order valence-corrected chi connectivity index (χ0v) is 18.4. The Bertz CT molecular complexity index is 1110. The summed E-state index contributed by atoms with van der Waals surface area (Å²) < 4.78 is 58.8. The molecule has 1 N–H and O–H groups in total. The molecule has 4 rings (SSSR count). The fraction of sp³-hybridized carbons (Fsp3) is 0.320. The first-order valence-electron chi connectivity index (χ1n) is 10.7. The van der Waals surface area contributed by atoms with E-state index in [1.807, 2.05) is 7.05 Å². The van der Waals surface area contributed by atoms with Crippen molar-refractivity contribution in [2.24, 2.45) is 0 Å². The number of hydrogen-bond donors (Lipinski definition) is 1. The van der Waals surface area contributed by atoms with Crippen molar-refractivity contribution in [2.75, 3.05) is 32.1 Å². The molecule has 0 unspecified atom stereocenters. The molecule has 1 aliphatic heterocycles. The largest absolute Gasteiger partial charge is 0.497 e. The zero-order chi connectivity index (χ0) is 23.6. The van der Waals surface area contributed by atoms with Crippen LogP contribution in [0.2, 0.25) is 0 Å². The average Bonchev–Trinajstić information content (AvgIpc) is 2.82. The van der Waals surface area contributed by atoms with Crippen LogP contribution in [0.15, 0.2) is 54.9 Å². The number of nitrogens with one attached hydrogen (secondary N) is 1. The van der Waals surface area contributed by atoms with E-state index in [2.05, 4.69) is 15.2 Å². The highest BCUT2D eigenvalue weighted by Crippen LogP contribution is 2.41. The van der Waals surface area contributed by atoms with Crippen LogP contribution in [0.5, 0.6) is 5.75 Å². The van der Waals surface area contributed by atoms with Crippen LogP contribution in [-0.2, 0) is 6.18 Å². The summed E-state index contributed by atoms with van der Waals surface area (Å²) in [5.41, 5.74) is 2.74. The molecule has 33 heavy (non-hydrogen) atoms. The lowest BCUT2D eigenvalue weighted by atomic mass is 9.95. The number of aromatic nitrogens is 1. The van der Waals surface area contributed by atoms with Gasteiger partial charge in [-0.05, 0) is 55.3 Å². The summed E-state index contributed by atoms with van der Waals surface area (Å²) in [4.78, 5) is 6.56. The molecule has 0 aliphatic carbocycles. The van der Waals surface area contributed by atoms with E-state index in [4.69, 9.17) is 4.74 Å². The van der Waals surface area contributed by atoms with Crippen LogP contribution in [0.3, 0.4) is 0 Å². The number of alkyl halides is 3. The molecule has 2 heterocycles. The third-order valence-electron chi connectivity index (χ3n) is 6.08. The Balaban J connectivity index is 1.85. The molecule has 0 bridgehead atoms. The minimum Gasteiger partial charge on any atom is -0.497 e. The predicted octanol–water partition coefficient (Wildman–Crippen LogP) is 5.77. The van der Waals surface area contributed by atoms with Gasteiger partial charge in [-0.15, -0.1) is 0 Å². The molecule has 0 spiro atoms. The van der Waals surface area contributed by atoms with Gasteiger partial charge in [-0.1, -0.05) is 12.1 Å². The number of ether oxygens (including phenoxy) is 1. The van der Waals surface area contributed by atoms with Gasteiger partial charge >= 0.3 is 6.18 Å². The third kappa shape index (κ3) is 4.95. The standard InChI is InChI=1S/C25H25F4N3O/c1-30-20-7-9-32(10-8-20)24-22(16-3-5-18(6-4-16)25(27,28)29)14-31-15-23(24)17-11-19(26)13-21(12-17)33-2/h3-6,11-15,20,30H,7-10H2,1-2H3. The topological polar surface area (TPSA) is 37.4 Å². The van der Waals surface area contributed by atoms with E-state index in [-0.39, 0.29) is 0 Å². The quantitative estimate of drug-likeness (QED) is 0.492. The van der Waals surface area contributed by atoms with Gasteiger partial charge in [-0.2, -0.15) is 13.2 Å². The van der Waals surface area contributed by atoms with Crippen molar-refractivity contribution >= 4 is 5.69 Å². The summed E-state index contributed by atoms with van der Waals surface area (Å²) >= 11 is 0. The highest BCUT2D eigenvalue weighted by atomic mass is 19.4. The van der Waals surface area contributed by atoms with Crippen molar-refractivity contribution in [3.63, 3.8) is 0 Å². The number of piperidine rings is 1. The van der Waals surface area contributed by atoms with Gasteiger partial charge in [-0.3, -0.25) is 4.98 Å². The van der Waals surface area contributed by atoms with Crippen LogP contribution in [0.4, 0.5) is 23.2 Å². The summed E-state index contributed by atoms with van der Waals surface area (Å²) in [7, 11) is 3.41. The second kappa shape index (κ2) is 9.39. The van der Waals surface area contributed by atoms with E-state index < -0.39 is 17.6 Å². The lowest BCUT2D eigenvalue weighted by Gasteiger charge is -2.36. The van der Waals surface area contributed by atoms with Crippen molar-refractivity contribution in [2.45, 2.75) is 25.1 Å².